The van der Waals surface area contributed by atoms with Crippen LogP contribution in [0.2, 0.25) is 5.02 Å². The molecule has 0 aliphatic rings. The Hall–Kier alpha value is -1.45. The molecule has 3 nitrogen and oxygen atoms in total. The van der Waals surface area contributed by atoms with Crippen molar-refractivity contribution in [3.05, 3.63) is 53.2 Å². The van der Waals surface area contributed by atoms with Gasteiger partial charge in [0.25, 0.3) is 0 Å². The second-order valence-corrected chi connectivity index (χ2v) is 5.42. The molecule has 0 spiro atoms. The lowest BCUT2D eigenvalue weighted by Gasteiger charge is -2.15. The zero-order valence-corrected chi connectivity index (χ0v) is 12.5. The monoisotopic (exact) mass is 308 g/mol. The summed E-state index contributed by atoms with van der Waals surface area (Å²) >= 11 is 12.3. The van der Waals surface area contributed by atoms with E-state index in [-0.39, 0.29) is 6.04 Å². The normalized spacial score (nSPS) is 12.9. The Bertz CT molecular complexity index is 719. The number of furan rings is 1. The predicted molar refractivity (Wildman–Crippen MR) is 81.7 cm³/mol. The summed E-state index contributed by atoms with van der Waals surface area (Å²) in [6, 6.07) is 9.61. The molecule has 5 heteroatoms. The van der Waals surface area contributed by atoms with Crippen LogP contribution >= 0.6 is 23.2 Å². The number of alkyl halides is 1. The van der Waals surface area contributed by atoms with E-state index in [4.69, 9.17) is 27.6 Å². The molecule has 0 bridgehead atoms. The van der Waals surface area contributed by atoms with Gasteiger partial charge < -0.3 is 8.98 Å². The lowest BCUT2D eigenvalue weighted by molar-refractivity contribution is 0.445. The van der Waals surface area contributed by atoms with E-state index in [2.05, 4.69) is 16.5 Å². The highest BCUT2D eigenvalue weighted by Crippen LogP contribution is 2.31. The van der Waals surface area contributed by atoms with E-state index in [9.17, 15) is 0 Å². The first-order valence-electron chi connectivity index (χ1n) is 6.47. The van der Waals surface area contributed by atoms with E-state index in [1.807, 2.05) is 30.3 Å². The maximum atomic E-state index is 6.36. The molecular weight excluding hydrogens is 295 g/mol. The Balaban J connectivity index is 2.23. The van der Waals surface area contributed by atoms with Gasteiger partial charge in [-0.3, -0.25) is 0 Å². The van der Waals surface area contributed by atoms with Gasteiger partial charge >= 0.3 is 0 Å². The maximum Gasteiger partial charge on any atom is 0.126 e. The van der Waals surface area contributed by atoms with E-state index >= 15 is 0 Å². The Morgan fingerprint density at radius 3 is 2.85 bits per heavy atom. The van der Waals surface area contributed by atoms with Gasteiger partial charge in [0, 0.05) is 12.3 Å². The van der Waals surface area contributed by atoms with Gasteiger partial charge in [-0.1, -0.05) is 17.7 Å². The molecule has 0 saturated carbocycles. The standard InChI is InChI=1S/C15H14Cl2N2O/c1-10(13-6-3-9-20-13)19-14(7-8-16)18-12-5-2-4-11(17)15(12)19/h2-6,9-10H,7-8H2,1H3. The summed E-state index contributed by atoms with van der Waals surface area (Å²) in [6.45, 7) is 2.07. The number of benzene rings is 1. The number of fused-ring (bicyclic) bond motifs is 1. The van der Waals surface area contributed by atoms with E-state index in [1.54, 1.807) is 6.26 Å². The largest absolute Gasteiger partial charge is 0.467 e. The number of aromatic nitrogens is 2. The van der Waals surface area contributed by atoms with Crippen LogP contribution in [-0.2, 0) is 6.42 Å². The van der Waals surface area contributed by atoms with Crippen LogP contribution in [0.1, 0.15) is 24.6 Å². The number of rotatable bonds is 4. The minimum atomic E-state index is 0.0214. The van der Waals surface area contributed by atoms with Crippen molar-refractivity contribution < 1.29 is 4.42 Å². The van der Waals surface area contributed by atoms with Crippen LogP contribution in [0.15, 0.2) is 41.0 Å². The van der Waals surface area contributed by atoms with Crippen molar-refractivity contribution >= 4 is 34.2 Å². The molecule has 0 saturated heterocycles. The lowest BCUT2D eigenvalue weighted by atomic mass is 10.2. The molecule has 2 aromatic heterocycles. The molecule has 0 aliphatic heterocycles. The molecule has 3 rings (SSSR count). The van der Waals surface area contributed by atoms with Crippen molar-refractivity contribution in [1.29, 1.82) is 0 Å². The summed E-state index contributed by atoms with van der Waals surface area (Å²) in [7, 11) is 0. The summed E-state index contributed by atoms with van der Waals surface area (Å²) in [5, 5.41) is 0.689. The average molecular weight is 309 g/mol. The number of aryl methyl sites for hydroxylation is 1. The van der Waals surface area contributed by atoms with Gasteiger partial charge in [0.15, 0.2) is 0 Å². The summed E-state index contributed by atoms with van der Waals surface area (Å²) in [5.41, 5.74) is 1.81. The molecule has 0 amide bonds. The fraction of sp³-hybridized carbons (Fsp3) is 0.267. The van der Waals surface area contributed by atoms with E-state index in [0.717, 1.165) is 22.6 Å². The molecule has 1 atom stereocenters. The zero-order chi connectivity index (χ0) is 14.1. The molecule has 2 heterocycles. The van der Waals surface area contributed by atoms with Crippen molar-refractivity contribution in [2.75, 3.05) is 5.88 Å². The number of halogens is 2. The van der Waals surface area contributed by atoms with Gasteiger partial charge in [-0.15, -0.1) is 11.6 Å². The van der Waals surface area contributed by atoms with Crippen LogP contribution in [0.5, 0.6) is 0 Å². The average Bonchev–Trinajstić information content (AvgIpc) is 3.06. The molecule has 104 valence electrons. The third-order valence-corrected chi connectivity index (χ3v) is 3.89. The summed E-state index contributed by atoms with van der Waals surface area (Å²) in [4.78, 5) is 4.65. The molecule has 1 unspecified atom stereocenters. The van der Waals surface area contributed by atoms with Gasteiger partial charge in [-0.05, 0) is 31.2 Å². The Morgan fingerprint density at radius 2 is 2.15 bits per heavy atom. The Kier molecular flexibility index (Phi) is 3.72. The second kappa shape index (κ2) is 5.51. The fourth-order valence-electron chi connectivity index (χ4n) is 2.49. The van der Waals surface area contributed by atoms with Crippen molar-refractivity contribution in [1.82, 2.24) is 9.55 Å². The molecule has 0 radical (unpaired) electrons. The summed E-state index contributed by atoms with van der Waals surface area (Å²) < 4.78 is 7.63. The first-order valence-corrected chi connectivity index (χ1v) is 7.38. The number of hydrogen-bond donors (Lipinski definition) is 0. The third-order valence-electron chi connectivity index (χ3n) is 3.39. The molecule has 1 aromatic carbocycles. The quantitative estimate of drug-likeness (QED) is 0.656. The first kappa shape index (κ1) is 13.5. The number of nitrogens with zero attached hydrogens (tertiary/aromatic N) is 2. The van der Waals surface area contributed by atoms with Gasteiger partial charge in [0.05, 0.1) is 28.4 Å². The molecule has 0 fully saturated rings. The van der Waals surface area contributed by atoms with Crippen LogP contribution in [0.25, 0.3) is 11.0 Å². The van der Waals surface area contributed by atoms with Crippen LogP contribution in [-0.4, -0.2) is 15.4 Å². The minimum Gasteiger partial charge on any atom is -0.467 e. The Labute approximate surface area is 127 Å². The molecular formula is C15H14Cl2N2O. The molecule has 0 N–H and O–H groups in total. The summed E-state index contributed by atoms with van der Waals surface area (Å²) in [6.07, 6.45) is 2.37. The molecule has 0 aliphatic carbocycles. The topological polar surface area (TPSA) is 31.0 Å². The van der Waals surface area contributed by atoms with Crippen molar-refractivity contribution in [2.24, 2.45) is 0 Å². The van der Waals surface area contributed by atoms with Gasteiger partial charge in [-0.25, -0.2) is 4.98 Å². The fourth-order valence-corrected chi connectivity index (χ4v) is 2.92. The molecule has 20 heavy (non-hydrogen) atoms. The lowest BCUT2D eigenvalue weighted by Crippen LogP contribution is -2.11. The van der Waals surface area contributed by atoms with E-state index in [1.165, 1.54) is 0 Å². The highest BCUT2D eigenvalue weighted by molar-refractivity contribution is 6.35. The predicted octanol–water partition coefficient (Wildman–Crippen LogP) is 4.67. The second-order valence-electron chi connectivity index (χ2n) is 4.64. The van der Waals surface area contributed by atoms with Gasteiger partial charge in [0.2, 0.25) is 0 Å². The van der Waals surface area contributed by atoms with Gasteiger partial charge in [0.1, 0.15) is 11.6 Å². The van der Waals surface area contributed by atoms with Crippen LogP contribution in [0.4, 0.5) is 0 Å². The van der Waals surface area contributed by atoms with Crippen molar-refractivity contribution in [2.45, 2.75) is 19.4 Å². The van der Waals surface area contributed by atoms with E-state index in [0.29, 0.717) is 17.3 Å². The van der Waals surface area contributed by atoms with Crippen LogP contribution < -0.4 is 0 Å². The minimum absolute atomic E-state index is 0.0214. The number of para-hydroxylation sites is 1. The first-order chi connectivity index (χ1) is 9.72. The summed E-state index contributed by atoms with van der Waals surface area (Å²) in [5.74, 6) is 2.32. The van der Waals surface area contributed by atoms with E-state index < -0.39 is 0 Å². The highest BCUT2D eigenvalue weighted by Gasteiger charge is 2.20. The third kappa shape index (κ3) is 2.21. The SMILES string of the molecule is CC(c1ccco1)n1c(CCCl)nc2cccc(Cl)c21. The Morgan fingerprint density at radius 1 is 1.30 bits per heavy atom. The van der Waals surface area contributed by atoms with Crippen LogP contribution in [0.3, 0.4) is 0 Å². The smallest absolute Gasteiger partial charge is 0.126 e. The van der Waals surface area contributed by atoms with Crippen molar-refractivity contribution in [3.63, 3.8) is 0 Å². The molecule has 3 aromatic rings. The number of hydrogen-bond acceptors (Lipinski definition) is 2. The zero-order valence-electron chi connectivity index (χ0n) is 11.0. The van der Waals surface area contributed by atoms with Crippen LogP contribution in [0, 0.1) is 0 Å². The maximum absolute atomic E-state index is 6.36. The number of imidazole rings is 1. The highest BCUT2D eigenvalue weighted by atomic mass is 35.5. The van der Waals surface area contributed by atoms with Gasteiger partial charge in [-0.2, -0.15) is 0 Å². The van der Waals surface area contributed by atoms with Crippen molar-refractivity contribution in [3.8, 4) is 0 Å².